The van der Waals surface area contributed by atoms with E-state index < -0.39 is 0 Å². The highest BCUT2D eigenvalue weighted by molar-refractivity contribution is 6.30. The van der Waals surface area contributed by atoms with E-state index >= 15 is 0 Å². The third kappa shape index (κ3) is 6.47. The standard InChI is InChI=1S/C24H21Cl2N5O2/c25-19-10-6-17(7-11-19)14-27-23-29-24(28-15-18-8-12-20(26)13-9-18)31(30-23)22(32)16-33-21-4-2-1-3-5-21/h1-13H,14-16H2,(H2,27,28,29,30). The number of para-hydroxylation sites is 1. The Morgan fingerprint density at radius 3 is 2.00 bits per heavy atom. The van der Waals surface area contributed by atoms with Crippen molar-refractivity contribution in [2.45, 2.75) is 13.1 Å². The second kappa shape index (κ2) is 10.8. The van der Waals surface area contributed by atoms with Gasteiger partial charge in [-0.3, -0.25) is 4.79 Å². The van der Waals surface area contributed by atoms with Crippen LogP contribution in [0.5, 0.6) is 5.75 Å². The number of hydrogen-bond donors (Lipinski definition) is 2. The molecule has 0 saturated carbocycles. The second-order valence-electron chi connectivity index (χ2n) is 7.13. The number of hydrogen-bond acceptors (Lipinski definition) is 6. The Hall–Kier alpha value is -3.55. The molecular weight excluding hydrogens is 461 g/mol. The molecule has 3 aromatic carbocycles. The smallest absolute Gasteiger partial charge is 0.288 e. The lowest BCUT2D eigenvalue weighted by atomic mass is 10.2. The SMILES string of the molecule is O=C(COc1ccccc1)n1nc(NCc2ccc(Cl)cc2)nc1NCc1ccc(Cl)cc1. The maximum absolute atomic E-state index is 12.9. The Bertz CT molecular complexity index is 1200. The molecule has 0 amide bonds. The van der Waals surface area contributed by atoms with Gasteiger partial charge in [-0.2, -0.15) is 9.67 Å². The van der Waals surface area contributed by atoms with Gasteiger partial charge in [0.25, 0.3) is 5.91 Å². The Kier molecular flexibility index (Phi) is 7.44. The van der Waals surface area contributed by atoms with Crippen molar-refractivity contribution in [3.63, 3.8) is 0 Å². The quantitative estimate of drug-likeness (QED) is 0.327. The van der Waals surface area contributed by atoms with E-state index in [-0.39, 0.29) is 12.5 Å². The number of ether oxygens (including phenoxy) is 1. The first-order valence-electron chi connectivity index (χ1n) is 10.2. The van der Waals surface area contributed by atoms with Crippen LogP contribution in [0.2, 0.25) is 10.0 Å². The Balaban J connectivity index is 1.47. The molecule has 0 atom stereocenters. The van der Waals surface area contributed by atoms with Crippen LogP contribution in [0.25, 0.3) is 0 Å². The highest BCUT2D eigenvalue weighted by Gasteiger charge is 2.17. The predicted molar refractivity (Wildman–Crippen MR) is 130 cm³/mol. The first kappa shape index (κ1) is 22.6. The van der Waals surface area contributed by atoms with Crippen LogP contribution in [-0.2, 0) is 13.1 Å². The van der Waals surface area contributed by atoms with Gasteiger partial charge in [-0.05, 0) is 47.5 Å². The van der Waals surface area contributed by atoms with Gasteiger partial charge in [0.1, 0.15) is 5.75 Å². The van der Waals surface area contributed by atoms with Crippen molar-refractivity contribution in [1.29, 1.82) is 0 Å². The molecule has 4 aromatic rings. The third-order valence-electron chi connectivity index (χ3n) is 4.68. The molecule has 0 aliphatic heterocycles. The summed E-state index contributed by atoms with van der Waals surface area (Å²) in [7, 11) is 0. The van der Waals surface area contributed by atoms with Crippen LogP contribution in [-0.4, -0.2) is 27.3 Å². The number of nitrogens with zero attached hydrogens (tertiary/aromatic N) is 3. The van der Waals surface area contributed by atoms with E-state index in [0.29, 0.717) is 40.8 Å². The molecule has 7 nitrogen and oxygen atoms in total. The van der Waals surface area contributed by atoms with Gasteiger partial charge in [0.05, 0.1) is 0 Å². The van der Waals surface area contributed by atoms with Crippen molar-refractivity contribution in [2.24, 2.45) is 0 Å². The fourth-order valence-corrected chi connectivity index (χ4v) is 3.22. The molecule has 9 heteroatoms. The van der Waals surface area contributed by atoms with E-state index in [1.165, 1.54) is 4.68 Å². The summed E-state index contributed by atoms with van der Waals surface area (Å²) in [4.78, 5) is 17.3. The first-order chi connectivity index (χ1) is 16.1. The van der Waals surface area contributed by atoms with Crippen molar-refractivity contribution >= 4 is 41.0 Å². The fraction of sp³-hybridized carbons (Fsp3) is 0.125. The molecule has 0 saturated heterocycles. The van der Waals surface area contributed by atoms with Gasteiger partial charge >= 0.3 is 0 Å². The molecular formula is C24H21Cl2N5O2. The predicted octanol–water partition coefficient (Wildman–Crippen LogP) is 5.53. The lowest BCUT2D eigenvalue weighted by molar-refractivity contribution is 0.0824. The molecule has 33 heavy (non-hydrogen) atoms. The summed E-state index contributed by atoms with van der Waals surface area (Å²) in [6.45, 7) is 0.742. The zero-order chi connectivity index (χ0) is 23.0. The van der Waals surface area contributed by atoms with Gasteiger partial charge in [-0.15, -0.1) is 5.10 Å². The third-order valence-corrected chi connectivity index (χ3v) is 5.18. The van der Waals surface area contributed by atoms with E-state index in [4.69, 9.17) is 27.9 Å². The van der Waals surface area contributed by atoms with Crippen LogP contribution >= 0.6 is 23.2 Å². The minimum atomic E-state index is -0.357. The molecule has 4 rings (SSSR count). The minimum absolute atomic E-state index is 0.181. The van der Waals surface area contributed by atoms with Crippen molar-refractivity contribution in [3.05, 3.63) is 100 Å². The number of anilines is 2. The van der Waals surface area contributed by atoms with Crippen LogP contribution in [0.1, 0.15) is 15.9 Å². The summed E-state index contributed by atoms with van der Waals surface area (Å²) in [5.41, 5.74) is 1.99. The summed E-state index contributed by atoms with van der Waals surface area (Å²) < 4.78 is 6.80. The minimum Gasteiger partial charge on any atom is -0.484 e. The van der Waals surface area contributed by atoms with Crippen molar-refractivity contribution in [2.75, 3.05) is 17.2 Å². The molecule has 1 heterocycles. The lowest BCUT2D eigenvalue weighted by Crippen LogP contribution is -2.22. The molecule has 0 aliphatic carbocycles. The average molecular weight is 482 g/mol. The molecule has 0 fully saturated rings. The fourth-order valence-electron chi connectivity index (χ4n) is 2.96. The summed E-state index contributed by atoms with van der Waals surface area (Å²) in [6, 6.07) is 24.0. The van der Waals surface area contributed by atoms with Crippen molar-refractivity contribution < 1.29 is 9.53 Å². The maximum atomic E-state index is 12.9. The molecule has 2 N–H and O–H groups in total. The molecule has 0 spiro atoms. The topological polar surface area (TPSA) is 81.1 Å². The van der Waals surface area contributed by atoms with Crippen LogP contribution in [0.15, 0.2) is 78.9 Å². The Labute approximate surface area is 201 Å². The summed E-state index contributed by atoms with van der Waals surface area (Å²) >= 11 is 11.9. The highest BCUT2D eigenvalue weighted by Crippen LogP contribution is 2.16. The number of benzene rings is 3. The summed E-state index contributed by atoms with van der Waals surface area (Å²) in [6.07, 6.45) is 0. The molecule has 168 valence electrons. The van der Waals surface area contributed by atoms with Gasteiger partial charge in [0.2, 0.25) is 11.9 Å². The molecule has 0 unspecified atom stereocenters. The van der Waals surface area contributed by atoms with Crippen molar-refractivity contribution in [1.82, 2.24) is 14.8 Å². The van der Waals surface area contributed by atoms with Gasteiger partial charge in [-0.25, -0.2) is 0 Å². The number of rotatable bonds is 9. The van der Waals surface area contributed by atoms with Gasteiger partial charge in [0.15, 0.2) is 6.61 Å². The number of halogens is 2. The van der Waals surface area contributed by atoms with E-state index in [9.17, 15) is 4.79 Å². The number of carbonyl (C=O) groups is 1. The average Bonchev–Trinajstić information content (AvgIpc) is 3.26. The monoisotopic (exact) mass is 481 g/mol. The van der Waals surface area contributed by atoms with Crippen molar-refractivity contribution in [3.8, 4) is 5.75 Å². The van der Waals surface area contributed by atoms with Crippen LogP contribution < -0.4 is 15.4 Å². The molecule has 0 bridgehead atoms. The maximum Gasteiger partial charge on any atom is 0.288 e. The Morgan fingerprint density at radius 2 is 1.39 bits per heavy atom. The van der Waals surface area contributed by atoms with E-state index in [1.54, 1.807) is 24.3 Å². The van der Waals surface area contributed by atoms with E-state index in [1.807, 2.05) is 54.6 Å². The Morgan fingerprint density at radius 1 is 0.818 bits per heavy atom. The first-order valence-corrected chi connectivity index (χ1v) is 11.0. The number of aromatic nitrogens is 3. The van der Waals surface area contributed by atoms with E-state index in [2.05, 4.69) is 20.7 Å². The number of nitrogens with one attached hydrogen (secondary N) is 2. The van der Waals surface area contributed by atoms with Crippen LogP contribution in [0, 0.1) is 0 Å². The van der Waals surface area contributed by atoms with Crippen LogP contribution in [0.4, 0.5) is 11.9 Å². The second-order valence-corrected chi connectivity index (χ2v) is 8.00. The summed E-state index contributed by atoms with van der Waals surface area (Å²) in [5.74, 6) is 0.870. The zero-order valence-electron chi connectivity index (χ0n) is 17.5. The van der Waals surface area contributed by atoms with E-state index in [0.717, 1.165) is 11.1 Å². The normalized spacial score (nSPS) is 10.6. The largest absolute Gasteiger partial charge is 0.484 e. The lowest BCUT2D eigenvalue weighted by Gasteiger charge is -2.08. The van der Waals surface area contributed by atoms with Gasteiger partial charge in [0, 0.05) is 23.1 Å². The zero-order valence-corrected chi connectivity index (χ0v) is 19.1. The molecule has 1 aromatic heterocycles. The molecule has 0 aliphatic rings. The van der Waals surface area contributed by atoms with Crippen LogP contribution in [0.3, 0.4) is 0 Å². The van der Waals surface area contributed by atoms with Gasteiger partial charge < -0.3 is 15.4 Å². The van der Waals surface area contributed by atoms with Gasteiger partial charge in [-0.1, -0.05) is 65.7 Å². The number of carbonyl (C=O) groups excluding carboxylic acids is 1. The summed E-state index contributed by atoms with van der Waals surface area (Å²) in [5, 5.41) is 12.0. The molecule has 0 radical (unpaired) electrons. The highest BCUT2D eigenvalue weighted by atomic mass is 35.5.